The van der Waals surface area contributed by atoms with Crippen molar-refractivity contribution in [3.63, 3.8) is 0 Å². The van der Waals surface area contributed by atoms with Crippen LogP contribution in [0, 0.1) is 5.92 Å². The zero-order valence-corrected chi connectivity index (χ0v) is 21.8. The molecule has 1 saturated heterocycles. The van der Waals surface area contributed by atoms with E-state index >= 15 is 0 Å². The highest BCUT2D eigenvalue weighted by Crippen LogP contribution is 2.63. The molecule has 3 aromatic rings. The smallest absolute Gasteiger partial charge is 0.246 e. The lowest BCUT2D eigenvalue weighted by Gasteiger charge is -2.60. The number of rotatable bonds is 6. The van der Waals surface area contributed by atoms with Crippen LogP contribution in [-0.4, -0.2) is 59.1 Å². The second-order valence-corrected chi connectivity index (χ2v) is 11.4. The van der Waals surface area contributed by atoms with Gasteiger partial charge in [-0.2, -0.15) is 0 Å². The fourth-order valence-corrected chi connectivity index (χ4v) is 8.02. The molecule has 1 aromatic heterocycles. The molecule has 6 heteroatoms. The number of carbonyl (C=O) groups excluding carboxylic acids is 1. The summed E-state index contributed by atoms with van der Waals surface area (Å²) in [5, 5.41) is 11.0. The van der Waals surface area contributed by atoms with Crippen LogP contribution in [0.15, 0.2) is 71.6 Å². The van der Waals surface area contributed by atoms with Crippen molar-refractivity contribution < 1.29 is 19.1 Å². The van der Waals surface area contributed by atoms with E-state index in [1.807, 2.05) is 24.1 Å². The van der Waals surface area contributed by atoms with E-state index in [0.29, 0.717) is 17.7 Å². The zero-order valence-electron chi connectivity index (χ0n) is 21.8. The van der Waals surface area contributed by atoms with Crippen molar-refractivity contribution in [2.75, 3.05) is 20.1 Å². The van der Waals surface area contributed by atoms with Crippen LogP contribution in [0.5, 0.6) is 11.5 Å². The third kappa shape index (κ3) is 3.53. The first-order valence-electron chi connectivity index (χ1n) is 13.8. The summed E-state index contributed by atoms with van der Waals surface area (Å²) in [5.41, 5.74) is 4.36. The Balaban J connectivity index is 1.20. The zero-order chi connectivity index (χ0) is 25.9. The minimum Gasteiger partial charge on any atom is -0.508 e. The summed E-state index contributed by atoms with van der Waals surface area (Å²) in [7, 11) is 1.91. The van der Waals surface area contributed by atoms with Gasteiger partial charge in [-0.3, -0.25) is 9.69 Å². The van der Waals surface area contributed by atoms with Crippen molar-refractivity contribution in [3.05, 3.63) is 89.4 Å². The molecule has 2 aliphatic carbocycles. The Bertz CT molecular complexity index is 1370. The van der Waals surface area contributed by atoms with Gasteiger partial charge in [0.2, 0.25) is 5.91 Å². The molecule has 1 N–H and O–H groups in total. The first-order chi connectivity index (χ1) is 18.6. The van der Waals surface area contributed by atoms with Crippen LogP contribution >= 0.6 is 0 Å². The number of aromatic hydroxyl groups is 1. The Morgan fingerprint density at radius 1 is 1.18 bits per heavy atom. The Hall–Kier alpha value is -3.51. The molecule has 2 bridgehead atoms. The molecule has 1 saturated carbocycles. The van der Waals surface area contributed by atoms with Gasteiger partial charge in [-0.15, -0.1) is 0 Å². The average molecular weight is 511 g/mol. The number of benzene rings is 2. The van der Waals surface area contributed by atoms with Crippen molar-refractivity contribution in [2.45, 2.75) is 55.7 Å². The number of phenols is 1. The molecule has 2 aliphatic heterocycles. The van der Waals surface area contributed by atoms with Crippen LogP contribution in [0.3, 0.4) is 0 Å². The molecule has 1 spiro atoms. The van der Waals surface area contributed by atoms with E-state index in [0.717, 1.165) is 62.1 Å². The second kappa shape index (κ2) is 9.05. The molecule has 2 fully saturated rings. The number of phenolic OH excluding ortho intramolecular Hbond substituents is 1. The number of hydrogen-bond donors (Lipinski definition) is 1. The molecule has 1 amide bonds. The average Bonchev–Trinajstić information content (AvgIpc) is 3.58. The second-order valence-electron chi connectivity index (χ2n) is 11.4. The molecule has 4 aliphatic rings. The highest BCUT2D eigenvalue weighted by Gasteiger charge is 2.66. The van der Waals surface area contributed by atoms with Crippen LogP contribution in [0.4, 0.5) is 0 Å². The molecule has 3 heterocycles. The highest BCUT2D eigenvalue weighted by atomic mass is 16.5. The highest BCUT2D eigenvalue weighted by molar-refractivity contribution is 5.91. The number of likely N-dealkylation sites (tertiary alicyclic amines) is 1. The van der Waals surface area contributed by atoms with Gasteiger partial charge < -0.3 is 19.2 Å². The summed E-state index contributed by atoms with van der Waals surface area (Å²) in [6.45, 7) is 2.02. The fourth-order valence-electron chi connectivity index (χ4n) is 8.02. The molecule has 196 valence electrons. The lowest BCUT2D eigenvalue weighted by molar-refractivity contribution is -0.135. The molecule has 0 radical (unpaired) electrons. The van der Waals surface area contributed by atoms with Gasteiger partial charge in [0.1, 0.15) is 17.6 Å². The van der Waals surface area contributed by atoms with Crippen molar-refractivity contribution in [1.29, 1.82) is 0 Å². The molecule has 2 aromatic carbocycles. The number of carbonyl (C=O) groups is 1. The van der Waals surface area contributed by atoms with Crippen LogP contribution in [0.2, 0.25) is 0 Å². The summed E-state index contributed by atoms with van der Waals surface area (Å²) in [5.74, 6) is 1.72. The van der Waals surface area contributed by atoms with Gasteiger partial charge in [-0.1, -0.05) is 30.3 Å². The largest absolute Gasteiger partial charge is 0.508 e. The predicted octanol–water partition coefficient (Wildman–Crippen LogP) is 4.81. The summed E-state index contributed by atoms with van der Waals surface area (Å²) >= 11 is 0. The van der Waals surface area contributed by atoms with E-state index in [2.05, 4.69) is 35.2 Å². The number of hydrogen-bond acceptors (Lipinski definition) is 5. The maximum atomic E-state index is 13.3. The number of nitrogens with zero attached hydrogens (tertiary/aromatic N) is 2. The van der Waals surface area contributed by atoms with Gasteiger partial charge in [0.25, 0.3) is 0 Å². The Morgan fingerprint density at radius 3 is 2.87 bits per heavy atom. The predicted molar refractivity (Wildman–Crippen MR) is 145 cm³/mol. The van der Waals surface area contributed by atoms with E-state index in [-0.39, 0.29) is 23.5 Å². The van der Waals surface area contributed by atoms with E-state index in [4.69, 9.17) is 9.15 Å². The number of furan rings is 1. The molecule has 7 rings (SSSR count). The molecule has 0 unspecified atom stereocenters. The van der Waals surface area contributed by atoms with Crippen molar-refractivity contribution in [1.82, 2.24) is 9.80 Å². The summed E-state index contributed by atoms with van der Waals surface area (Å²) in [6.07, 6.45) is 11.4. The third-order valence-corrected chi connectivity index (χ3v) is 9.76. The van der Waals surface area contributed by atoms with E-state index in [9.17, 15) is 9.90 Å². The maximum absolute atomic E-state index is 13.3. The molecule has 6 nitrogen and oxygen atoms in total. The quantitative estimate of drug-likeness (QED) is 0.483. The SMILES string of the molecule is CN(C(=O)/C=C/c1ccoc1)[C@H]1CC[C@H]2[C@H]3Cc4c(O)ccc5c4[C@@]2(CCN3CCc2ccccc2)[C@H]1O5. The maximum Gasteiger partial charge on any atom is 0.246 e. The first-order valence-corrected chi connectivity index (χ1v) is 13.8. The van der Waals surface area contributed by atoms with Crippen LogP contribution in [-0.2, 0) is 23.1 Å². The Labute approximate surface area is 223 Å². The summed E-state index contributed by atoms with van der Waals surface area (Å²) < 4.78 is 11.9. The minimum atomic E-state index is -0.165. The molecular weight excluding hydrogens is 476 g/mol. The number of piperidine rings is 1. The van der Waals surface area contributed by atoms with Crippen LogP contribution in [0.25, 0.3) is 6.08 Å². The van der Waals surface area contributed by atoms with Gasteiger partial charge in [0.05, 0.1) is 18.6 Å². The fraction of sp³-hybridized carbons (Fsp3) is 0.406. The number of amides is 1. The standard InChI is InChI=1S/C32H34N2O4/c1-33(29(36)12-7-22-14-18-37-20-22)25-9-8-24-26-19-23-27(35)10-11-28-30(23)32(24,31(25)38-28)15-17-34(26)16-13-21-5-3-2-4-6-21/h2-7,10-12,14,18,20,24-26,31,35H,8-9,13,15-17,19H2,1H3/b12-7+/t24-,25-,26+,31-,32-/m0/s1. The monoisotopic (exact) mass is 510 g/mol. The molecule has 5 atom stereocenters. The lowest BCUT2D eigenvalue weighted by Crippen LogP contribution is -2.69. The van der Waals surface area contributed by atoms with Crippen LogP contribution < -0.4 is 4.74 Å². The topological polar surface area (TPSA) is 66.2 Å². The molecule has 38 heavy (non-hydrogen) atoms. The van der Waals surface area contributed by atoms with Crippen molar-refractivity contribution in [3.8, 4) is 11.5 Å². The number of likely N-dealkylation sites (N-methyl/N-ethyl adjacent to an activating group) is 1. The van der Waals surface area contributed by atoms with Gasteiger partial charge in [-0.05, 0) is 74.4 Å². The van der Waals surface area contributed by atoms with Crippen molar-refractivity contribution >= 4 is 12.0 Å². The van der Waals surface area contributed by atoms with Gasteiger partial charge in [-0.25, -0.2) is 0 Å². The van der Waals surface area contributed by atoms with E-state index in [1.165, 1.54) is 11.1 Å². The Morgan fingerprint density at radius 2 is 2.05 bits per heavy atom. The summed E-state index contributed by atoms with van der Waals surface area (Å²) in [6, 6.07) is 16.6. The first kappa shape index (κ1) is 23.6. The molecular formula is C32H34N2O4. The normalized spacial score (nSPS) is 29.2. The van der Waals surface area contributed by atoms with Gasteiger partial charge in [0.15, 0.2) is 0 Å². The number of ether oxygens (including phenoxy) is 1. The summed E-state index contributed by atoms with van der Waals surface area (Å²) in [4.78, 5) is 17.8. The van der Waals surface area contributed by atoms with E-state index < -0.39 is 0 Å². The van der Waals surface area contributed by atoms with Crippen molar-refractivity contribution in [2.24, 2.45) is 5.92 Å². The lowest BCUT2D eigenvalue weighted by atomic mass is 9.51. The Kier molecular flexibility index (Phi) is 5.62. The van der Waals surface area contributed by atoms with Crippen LogP contribution in [0.1, 0.15) is 41.5 Å². The third-order valence-electron chi connectivity index (χ3n) is 9.76. The van der Waals surface area contributed by atoms with Gasteiger partial charge >= 0.3 is 0 Å². The minimum absolute atomic E-state index is 0.0234. The van der Waals surface area contributed by atoms with Gasteiger partial charge in [0, 0.05) is 47.8 Å². The van der Waals surface area contributed by atoms with E-state index in [1.54, 1.807) is 30.7 Å².